The van der Waals surface area contributed by atoms with Crippen LogP contribution in [0.1, 0.15) is 52.9 Å². The summed E-state index contributed by atoms with van der Waals surface area (Å²) in [4.78, 5) is 3.52. The summed E-state index contributed by atoms with van der Waals surface area (Å²) in [5, 5.41) is 0. The Morgan fingerprint density at radius 1 is 1.00 bits per heavy atom. The van der Waals surface area contributed by atoms with Crippen molar-refractivity contribution in [2.75, 3.05) is 13.1 Å². The topological polar surface area (TPSA) is 3.24 Å². The van der Waals surface area contributed by atoms with E-state index in [1.807, 2.05) is 0 Å². The molecule has 2 heteroatoms. The first-order valence-corrected chi connectivity index (χ1v) is 5.94. The highest BCUT2D eigenvalue weighted by molar-refractivity contribution is 7.80. The summed E-state index contributed by atoms with van der Waals surface area (Å²) in [6, 6.07) is 0. The average molecular weight is 201 g/mol. The summed E-state index contributed by atoms with van der Waals surface area (Å²) >= 11 is 5.33. The molecule has 0 fully saturated rings. The first-order valence-electron chi connectivity index (χ1n) is 5.54. The molecular weight excluding hydrogens is 178 g/mol. The molecule has 0 aliphatic carbocycles. The van der Waals surface area contributed by atoms with Crippen LogP contribution in [0, 0.1) is 0 Å². The minimum atomic E-state index is 1.02. The van der Waals surface area contributed by atoms with Gasteiger partial charge in [0.05, 0.1) is 4.99 Å². The van der Waals surface area contributed by atoms with Crippen molar-refractivity contribution in [3.63, 3.8) is 0 Å². The van der Waals surface area contributed by atoms with Gasteiger partial charge in [0, 0.05) is 13.1 Å². The Morgan fingerprint density at radius 2 is 1.46 bits per heavy atom. The average Bonchev–Trinajstić information content (AvgIpc) is 2.17. The lowest BCUT2D eigenvalue weighted by Gasteiger charge is -2.24. The molecule has 0 aromatic carbocycles. The van der Waals surface area contributed by atoms with Crippen LogP contribution < -0.4 is 0 Å². The van der Waals surface area contributed by atoms with Crippen molar-refractivity contribution in [2.45, 2.75) is 52.9 Å². The molecule has 0 saturated heterocycles. The van der Waals surface area contributed by atoms with Crippen molar-refractivity contribution in [3.8, 4) is 0 Å². The van der Waals surface area contributed by atoms with Gasteiger partial charge in [0.25, 0.3) is 0 Å². The molecule has 0 aliphatic rings. The van der Waals surface area contributed by atoms with Crippen LogP contribution >= 0.6 is 12.2 Å². The monoisotopic (exact) mass is 201 g/mol. The normalized spacial score (nSPS) is 10.1. The summed E-state index contributed by atoms with van der Waals surface area (Å²) in [6.07, 6.45) is 6.07. The molecule has 0 aromatic rings. The Balaban J connectivity index is 3.79. The van der Waals surface area contributed by atoms with Crippen LogP contribution in [-0.2, 0) is 0 Å². The summed E-state index contributed by atoms with van der Waals surface area (Å²) in [6.45, 7) is 8.92. The Hall–Kier alpha value is -0.110. The Kier molecular flexibility index (Phi) is 8.41. The lowest BCUT2D eigenvalue weighted by atomic mass is 10.2. The van der Waals surface area contributed by atoms with Crippen LogP contribution in [0.5, 0.6) is 0 Å². The van der Waals surface area contributed by atoms with Crippen molar-refractivity contribution in [2.24, 2.45) is 0 Å². The SMILES string of the molecule is CCCCN(CCCC)C(=S)CC. The largest absolute Gasteiger partial charge is 0.366 e. The third-order valence-electron chi connectivity index (χ3n) is 2.22. The third kappa shape index (κ3) is 6.03. The second kappa shape index (κ2) is 8.49. The molecule has 78 valence electrons. The van der Waals surface area contributed by atoms with Crippen LogP contribution in [-0.4, -0.2) is 23.0 Å². The molecule has 0 radical (unpaired) electrons. The summed E-state index contributed by atoms with van der Waals surface area (Å²) in [5.74, 6) is 0. The molecule has 0 spiro atoms. The van der Waals surface area contributed by atoms with Gasteiger partial charge in [-0.25, -0.2) is 0 Å². The van der Waals surface area contributed by atoms with Gasteiger partial charge >= 0.3 is 0 Å². The third-order valence-corrected chi connectivity index (χ3v) is 2.77. The van der Waals surface area contributed by atoms with E-state index in [0.717, 1.165) is 24.5 Å². The number of thiocarbonyl (C=S) groups is 1. The molecule has 0 amide bonds. The zero-order valence-electron chi connectivity index (χ0n) is 9.31. The number of unbranched alkanes of at least 4 members (excludes halogenated alkanes) is 2. The summed E-state index contributed by atoms with van der Waals surface area (Å²) in [7, 11) is 0. The predicted octanol–water partition coefficient (Wildman–Crippen LogP) is 3.63. The van der Waals surface area contributed by atoms with Crippen LogP contribution in [0.3, 0.4) is 0 Å². The molecule has 0 N–H and O–H groups in total. The summed E-state index contributed by atoms with van der Waals surface area (Å²) < 4.78 is 0. The van der Waals surface area contributed by atoms with Gasteiger partial charge in [-0.05, 0) is 19.3 Å². The minimum absolute atomic E-state index is 1.02. The maximum atomic E-state index is 5.33. The van der Waals surface area contributed by atoms with Gasteiger partial charge in [-0.3, -0.25) is 0 Å². The van der Waals surface area contributed by atoms with Crippen LogP contribution in [0.4, 0.5) is 0 Å². The number of nitrogens with zero attached hydrogens (tertiary/aromatic N) is 1. The molecule has 0 bridgehead atoms. The second-order valence-electron chi connectivity index (χ2n) is 3.44. The van der Waals surface area contributed by atoms with E-state index in [1.54, 1.807) is 0 Å². The summed E-state index contributed by atoms with van der Waals surface area (Å²) in [5.41, 5.74) is 0. The first-order chi connectivity index (χ1) is 6.26. The van der Waals surface area contributed by atoms with Crippen molar-refractivity contribution in [1.82, 2.24) is 4.90 Å². The van der Waals surface area contributed by atoms with Gasteiger partial charge < -0.3 is 4.90 Å². The first kappa shape index (κ1) is 12.9. The number of hydrogen-bond donors (Lipinski definition) is 0. The number of rotatable bonds is 7. The van der Waals surface area contributed by atoms with Gasteiger partial charge in [0.15, 0.2) is 0 Å². The molecule has 0 saturated carbocycles. The Morgan fingerprint density at radius 3 is 1.77 bits per heavy atom. The van der Waals surface area contributed by atoms with Gasteiger partial charge in [-0.15, -0.1) is 0 Å². The van der Waals surface area contributed by atoms with Crippen molar-refractivity contribution in [1.29, 1.82) is 0 Å². The van der Waals surface area contributed by atoms with Crippen LogP contribution in [0.25, 0.3) is 0 Å². The molecular formula is C11H23NS. The molecule has 0 aliphatic heterocycles. The van der Waals surface area contributed by atoms with Crippen molar-refractivity contribution < 1.29 is 0 Å². The van der Waals surface area contributed by atoms with Crippen molar-refractivity contribution in [3.05, 3.63) is 0 Å². The van der Waals surface area contributed by atoms with Gasteiger partial charge in [-0.1, -0.05) is 45.8 Å². The van der Waals surface area contributed by atoms with Crippen LogP contribution in [0.15, 0.2) is 0 Å². The van der Waals surface area contributed by atoms with Gasteiger partial charge in [0.1, 0.15) is 0 Å². The van der Waals surface area contributed by atoms with E-state index in [4.69, 9.17) is 12.2 Å². The molecule has 0 aromatic heterocycles. The lowest BCUT2D eigenvalue weighted by molar-refractivity contribution is 0.399. The fourth-order valence-electron chi connectivity index (χ4n) is 1.28. The molecule has 0 rings (SSSR count). The second-order valence-corrected chi connectivity index (χ2v) is 3.91. The molecule has 0 heterocycles. The smallest absolute Gasteiger partial charge is 0.0776 e. The highest BCUT2D eigenvalue weighted by Crippen LogP contribution is 2.03. The zero-order valence-corrected chi connectivity index (χ0v) is 10.1. The standard InChI is InChI=1S/C11H23NS/c1-4-7-9-12(10-8-5-2)11(13)6-3/h4-10H2,1-3H3. The lowest BCUT2D eigenvalue weighted by Crippen LogP contribution is -2.30. The predicted molar refractivity (Wildman–Crippen MR) is 64.3 cm³/mol. The van der Waals surface area contributed by atoms with E-state index >= 15 is 0 Å². The van der Waals surface area contributed by atoms with E-state index in [0.29, 0.717) is 0 Å². The van der Waals surface area contributed by atoms with E-state index in [9.17, 15) is 0 Å². The minimum Gasteiger partial charge on any atom is -0.366 e. The fourth-order valence-corrected chi connectivity index (χ4v) is 1.47. The number of hydrogen-bond acceptors (Lipinski definition) is 1. The quantitative estimate of drug-likeness (QED) is 0.579. The Bertz CT molecular complexity index is 126. The highest BCUT2D eigenvalue weighted by Gasteiger charge is 2.05. The van der Waals surface area contributed by atoms with E-state index in [-0.39, 0.29) is 0 Å². The molecule has 1 nitrogen and oxygen atoms in total. The Labute approximate surface area is 88.5 Å². The van der Waals surface area contributed by atoms with E-state index in [2.05, 4.69) is 25.7 Å². The van der Waals surface area contributed by atoms with E-state index in [1.165, 1.54) is 25.7 Å². The molecule has 0 unspecified atom stereocenters. The molecule has 0 atom stereocenters. The van der Waals surface area contributed by atoms with Gasteiger partial charge in [0.2, 0.25) is 0 Å². The zero-order chi connectivity index (χ0) is 10.1. The van der Waals surface area contributed by atoms with Crippen LogP contribution in [0.2, 0.25) is 0 Å². The maximum Gasteiger partial charge on any atom is 0.0776 e. The van der Waals surface area contributed by atoms with E-state index < -0.39 is 0 Å². The fraction of sp³-hybridized carbons (Fsp3) is 0.909. The van der Waals surface area contributed by atoms with Crippen molar-refractivity contribution >= 4 is 17.2 Å². The molecule has 13 heavy (non-hydrogen) atoms. The van der Waals surface area contributed by atoms with Gasteiger partial charge in [-0.2, -0.15) is 0 Å². The maximum absolute atomic E-state index is 5.33. The highest BCUT2D eigenvalue weighted by atomic mass is 32.1.